The summed E-state index contributed by atoms with van der Waals surface area (Å²) < 4.78 is 6.68. The van der Waals surface area contributed by atoms with E-state index in [1.165, 1.54) is 6.20 Å². The lowest BCUT2D eigenvalue weighted by Crippen LogP contribution is -2.29. The number of amides is 1. The third kappa shape index (κ3) is 4.87. The van der Waals surface area contributed by atoms with Crippen molar-refractivity contribution >= 4 is 34.8 Å². The smallest absolute Gasteiger partial charge is 0.287 e. The Hall–Kier alpha value is -2.83. The Kier molecular flexibility index (Phi) is 5.78. The second-order valence-electron chi connectivity index (χ2n) is 5.76. The van der Waals surface area contributed by atoms with Crippen LogP contribution in [0, 0.1) is 6.92 Å². The molecule has 0 bridgehead atoms. The minimum absolute atomic E-state index is 0.0440. The summed E-state index contributed by atoms with van der Waals surface area (Å²) >= 11 is 11.5. The Balaban J connectivity index is 1.62. The molecule has 27 heavy (non-hydrogen) atoms. The first-order chi connectivity index (χ1) is 12.9. The Bertz CT molecular complexity index is 1020. The topological polar surface area (TPSA) is 73.2 Å². The molecule has 0 radical (unpaired) electrons. The monoisotopic (exact) mass is 403 g/mol. The van der Waals surface area contributed by atoms with Gasteiger partial charge in [-0.2, -0.15) is 5.10 Å². The number of hydrogen-bond donors (Lipinski definition) is 1. The molecule has 138 valence electrons. The van der Waals surface area contributed by atoms with Crippen molar-refractivity contribution in [2.75, 3.05) is 5.32 Å². The van der Waals surface area contributed by atoms with Gasteiger partial charge >= 0.3 is 0 Å². The summed E-state index contributed by atoms with van der Waals surface area (Å²) in [5.74, 6) is 0.942. The molecule has 3 aromatic rings. The van der Waals surface area contributed by atoms with E-state index >= 15 is 0 Å². The van der Waals surface area contributed by atoms with Crippen molar-refractivity contribution in [2.45, 2.75) is 13.5 Å². The number of hydrogen-bond acceptors (Lipinski definition) is 4. The van der Waals surface area contributed by atoms with E-state index in [-0.39, 0.29) is 16.6 Å². The van der Waals surface area contributed by atoms with Crippen LogP contribution in [0.3, 0.4) is 0 Å². The SMILES string of the molecule is Cc1ccc(Oc2ccc(NC(=O)Cn3ncc(Cl)c(Cl)c3=O)cc2)cc1. The van der Waals surface area contributed by atoms with Crippen molar-refractivity contribution in [2.24, 2.45) is 0 Å². The third-order valence-corrected chi connectivity index (χ3v) is 4.38. The summed E-state index contributed by atoms with van der Waals surface area (Å²) in [5.41, 5.74) is 1.08. The van der Waals surface area contributed by atoms with Gasteiger partial charge in [0.25, 0.3) is 5.56 Å². The maximum absolute atomic E-state index is 12.1. The zero-order chi connectivity index (χ0) is 19.4. The number of carbonyl (C=O) groups excluding carboxylic acids is 1. The molecule has 1 N–H and O–H groups in total. The number of anilines is 1. The Morgan fingerprint density at radius 3 is 2.30 bits per heavy atom. The van der Waals surface area contributed by atoms with Crippen LogP contribution in [0.25, 0.3) is 0 Å². The number of aryl methyl sites for hydroxylation is 1. The van der Waals surface area contributed by atoms with Gasteiger partial charge in [-0.25, -0.2) is 4.68 Å². The molecule has 1 amide bonds. The highest BCUT2D eigenvalue weighted by atomic mass is 35.5. The summed E-state index contributed by atoms with van der Waals surface area (Å²) in [6.07, 6.45) is 1.22. The predicted molar refractivity (Wildman–Crippen MR) is 105 cm³/mol. The second kappa shape index (κ2) is 8.24. The maximum atomic E-state index is 12.1. The quantitative estimate of drug-likeness (QED) is 0.689. The molecule has 0 saturated heterocycles. The van der Waals surface area contributed by atoms with Crippen LogP contribution in [0.4, 0.5) is 5.69 Å². The number of ether oxygens (including phenoxy) is 1. The third-order valence-electron chi connectivity index (χ3n) is 3.63. The molecular formula is C19H15Cl2N3O3. The van der Waals surface area contributed by atoms with Gasteiger partial charge in [0.05, 0.1) is 11.2 Å². The van der Waals surface area contributed by atoms with E-state index in [0.717, 1.165) is 16.0 Å². The molecule has 0 spiro atoms. The summed E-state index contributed by atoms with van der Waals surface area (Å²) in [7, 11) is 0. The van der Waals surface area contributed by atoms with Crippen molar-refractivity contribution in [3.8, 4) is 11.5 Å². The van der Waals surface area contributed by atoms with Crippen LogP contribution in [-0.2, 0) is 11.3 Å². The van der Waals surface area contributed by atoms with E-state index in [2.05, 4.69) is 10.4 Å². The van der Waals surface area contributed by atoms with Crippen LogP contribution in [-0.4, -0.2) is 15.7 Å². The highest BCUT2D eigenvalue weighted by Crippen LogP contribution is 2.23. The molecule has 1 aromatic heterocycles. The standard InChI is InChI=1S/C19H15Cl2N3O3/c1-12-2-6-14(7-3-12)27-15-8-4-13(5-9-15)23-17(25)11-24-19(26)18(21)16(20)10-22-24/h2-10H,11H2,1H3,(H,23,25). The van der Waals surface area contributed by atoms with Crippen LogP contribution in [0.15, 0.2) is 59.5 Å². The van der Waals surface area contributed by atoms with Gasteiger partial charge in [-0.3, -0.25) is 9.59 Å². The van der Waals surface area contributed by atoms with Gasteiger partial charge in [-0.1, -0.05) is 40.9 Å². The highest BCUT2D eigenvalue weighted by molar-refractivity contribution is 6.41. The first kappa shape index (κ1) is 18.9. The van der Waals surface area contributed by atoms with Crippen LogP contribution in [0.5, 0.6) is 11.5 Å². The predicted octanol–water partition coefficient (Wildman–Crippen LogP) is 4.29. The molecule has 0 aliphatic rings. The normalized spacial score (nSPS) is 10.5. The lowest BCUT2D eigenvalue weighted by molar-refractivity contribution is -0.117. The molecule has 0 aliphatic heterocycles. The molecule has 0 unspecified atom stereocenters. The molecule has 1 heterocycles. The minimum atomic E-state index is -0.624. The fourth-order valence-electron chi connectivity index (χ4n) is 2.24. The molecule has 2 aromatic carbocycles. The number of halogens is 2. The van der Waals surface area contributed by atoms with Crippen molar-refractivity contribution in [1.29, 1.82) is 0 Å². The van der Waals surface area contributed by atoms with Crippen molar-refractivity contribution < 1.29 is 9.53 Å². The van der Waals surface area contributed by atoms with Gasteiger partial charge in [-0.05, 0) is 43.3 Å². The molecule has 0 aliphatic carbocycles. The number of rotatable bonds is 5. The number of carbonyl (C=O) groups is 1. The van der Waals surface area contributed by atoms with Gasteiger partial charge in [0.15, 0.2) is 0 Å². The fraction of sp³-hybridized carbons (Fsp3) is 0.105. The lowest BCUT2D eigenvalue weighted by atomic mass is 10.2. The van der Waals surface area contributed by atoms with E-state index in [9.17, 15) is 9.59 Å². The van der Waals surface area contributed by atoms with Crippen LogP contribution in [0.1, 0.15) is 5.56 Å². The molecule has 8 heteroatoms. The maximum Gasteiger partial charge on any atom is 0.287 e. The first-order valence-corrected chi connectivity index (χ1v) is 8.73. The molecule has 3 rings (SSSR count). The number of nitrogens with one attached hydrogen (secondary N) is 1. The summed E-state index contributed by atoms with van der Waals surface area (Å²) in [6, 6.07) is 14.6. The Labute approximate surface area is 165 Å². The van der Waals surface area contributed by atoms with Crippen molar-refractivity contribution in [3.63, 3.8) is 0 Å². The largest absolute Gasteiger partial charge is 0.457 e. The molecular weight excluding hydrogens is 389 g/mol. The van der Waals surface area contributed by atoms with Crippen molar-refractivity contribution in [3.05, 3.63) is 80.7 Å². The van der Waals surface area contributed by atoms with Crippen LogP contribution < -0.4 is 15.6 Å². The molecule has 0 saturated carbocycles. The summed E-state index contributed by atoms with van der Waals surface area (Å²) in [5, 5.41) is 6.35. The van der Waals surface area contributed by atoms with Gasteiger partial charge in [0.2, 0.25) is 5.91 Å². The summed E-state index contributed by atoms with van der Waals surface area (Å²) in [6.45, 7) is 1.72. The van der Waals surface area contributed by atoms with Crippen molar-refractivity contribution in [1.82, 2.24) is 9.78 Å². The van der Waals surface area contributed by atoms with Gasteiger partial charge in [-0.15, -0.1) is 0 Å². The number of benzene rings is 2. The number of nitrogens with zero attached hydrogens (tertiary/aromatic N) is 2. The zero-order valence-electron chi connectivity index (χ0n) is 14.3. The van der Waals surface area contributed by atoms with E-state index in [0.29, 0.717) is 11.4 Å². The minimum Gasteiger partial charge on any atom is -0.457 e. The Morgan fingerprint density at radius 1 is 1.07 bits per heavy atom. The van der Waals surface area contributed by atoms with E-state index in [4.69, 9.17) is 27.9 Å². The van der Waals surface area contributed by atoms with Gasteiger partial charge in [0.1, 0.15) is 23.1 Å². The first-order valence-electron chi connectivity index (χ1n) is 7.98. The van der Waals surface area contributed by atoms with E-state index in [1.807, 2.05) is 31.2 Å². The zero-order valence-corrected chi connectivity index (χ0v) is 15.8. The molecule has 0 atom stereocenters. The molecule has 0 fully saturated rings. The Morgan fingerprint density at radius 2 is 1.67 bits per heavy atom. The van der Waals surface area contributed by atoms with Crippen LogP contribution >= 0.6 is 23.2 Å². The average Bonchev–Trinajstić information content (AvgIpc) is 2.66. The van der Waals surface area contributed by atoms with Gasteiger partial charge < -0.3 is 10.1 Å². The highest BCUT2D eigenvalue weighted by Gasteiger charge is 2.11. The summed E-state index contributed by atoms with van der Waals surface area (Å²) in [4.78, 5) is 24.0. The van der Waals surface area contributed by atoms with Gasteiger partial charge in [0, 0.05) is 5.69 Å². The van der Waals surface area contributed by atoms with Crippen LogP contribution in [0.2, 0.25) is 10.0 Å². The van der Waals surface area contributed by atoms with E-state index in [1.54, 1.807) is 24.3 Å². The number of aromatic nitrogens is 2. The second-order valence-corrected chi connectivity index (χ2v) is 6.54. The average molecular weight is 404 g/mol. The lowest BCUT2D eigenvalue weighted by Gasteiger charge is -2.09. The fourth-order valence-corrected chi connectivity index (χ4v) is 2.51. The van der Waals surface area contributed by atoms with E-state index < -0.39 is 11.5 Å². The molecule has 6 nitrogen and oxygen atoms in total.